The van der Waals surface area contributed by atoms with Gasteiger partial charge in [-0.1, -0.05) is 23.2 Å². The van der Waals surface area contributed by atoms with E-state index in [2.05, 4.69) is 10.6 Å². The van der Waals surface area contributed by atoms with E-state index in [1.807, 2.05) is 13.8 Å². The summed E-state index contributed by atoms with van der Waals surface area (Å²) in [7, 11) is 0. The molecule has 0 aromatic heterocycles. The molecule has 1 unspecified atom stereocenters. The molecule has 1 atom stereocenters. The molecule has 3 amide bonds. The molecule has 0 spiro atoms. The average Bonchev–Trinajstić information content (AvgIpc) is 3.07. The van der Waals surface area contributed by atoms with Crippen LogP contribution in [0.3, 0.4) is 0 Å². The lowest BCUT2D eigenvalue weighted by Crippen LogP contribution is -2.33. The number of carbonyl (C=O) groups excluding carboxylic acids is 3. The molecule has 1 aliphatic heterocycles. The summed E-state index contributed by atoms with van der Waals surface area (Å²) in [6, 6.07) is 11.4. The molecule has 0 radical (unpaired) electrons. The fourth-order valence-electron chi connectivity index (χ4n) is 3.14. The molecule has 0 bridgehead atoms. The summed E-state index contributed by atoms with van der Waals surface area (Å²) >= 11 is 11.9. The number of nitrogens with one attached hydrogen (secondary N) is 2. The number of hydrogen-bond acceptors (Lipinski definition) is 3. The maximum atomic E-state index is 12.5. The zero-order valence-electron chi connectivity index (χ0n) is 16.0. The van der Waals surface area contributed by atoms with Gasteiger partial charge in [-0.2, -0.15) is 0 Å². The van der Waals surface area contributed by atoms with Crippen molar-refractivity contribution in [3.05, 3.63) is 58.1 Å². The molecule has 152 valence electrons. The molecule has 0 saturated carbocycles. The van der Waals surface area contributed by atoms with E-state index in [1.165, 1.54) is 0 Å². The second-order valence-electron chi connectivity index (χ2n) is 7.19. The number of hydrogen-bond donors (Lipinski definition) is 2. The highest BCUT2D eigenvalue weighted by Gasteiger charge is 2.35. The van der Waals surface area contributed by atoms with Crippen molar-refractivity contribution in [2.24, 2.45) is 5.92 Å². The lowest BCUT2D eigenvalue weighted by atomic mass is 10.1. The number of rotatable bonds is 5. The van der Waals surface area contributed by atoms with Gasteiger partial charge in [0, 0.05) is 35.3 Å². The summed E-state index contributed by atoms with van der Waals surface area (Å²) in [5, 5.41) is 6.35. The molecule has 0 aliphatic carbocycles. The first-order valence-corrected chi connectivity index (χ1v) is 9.97. The van der Waals surface area contributed by atoms with Crippen LogP contribution in [0, 0.1) is 5.92 Å². The van der Waals surface area contributed by atoms with E-state index in [4.69, 9.17) is 23.2 Å². The van der Waals surface area contributed by atoms with Crippen LogP contribution >= 0.6 is 23.2 Å². The van der Waals surface area contributed by atoms with Gasteiger partial charge in [-0.05, 0) is 56.3 Å². The van der Waals surface area contributed by atoms with Crippen LogP contribution in [0.25, 0.3) is 0 Å². The summed E-state index contributed by atoms with van der Waals surface area (Å²) in [6.07, 6.45) is 0.215. The van der Waals surface area contributed by atoms with Gasteiger partial charge >= 0.3 is 0 Å². The van der Waals surface area contributed by atoms with Crippen LogP contribution in [0.1, 0.15) is 30.6 Å². The van der Waals surface area contributed by atoms with Crippen LogP contribution < -0.4 is 10.6 Å². The van der Waals surface area contributed by atoms with E-state index in [1.54, 1.807) is 47.4 Å². The fraction of sp³-hybridized carbons (Fsp3) is 0.286. The minimum atomic E-state index is -0.375. The summed E-state index contributed by atoms with van der Waals surface area (Å²) in [6.45, 7) is 4.28. The van der Waals surface area contributed by atoms with Crippen LogP contribution in [0.4, 0.5) is 11.4 Å². The van der Waals surface area contributed by atoms with E-state index in [-0.39, 0.29) is 36.1 Å². The van der Waals surface area contributed by atoms with Gasteiger partial charge in [0.05, 0.1) is 16.6 Å². The normalized spacial score (nSPS) is 16.2. The van der Waals surface area contributed by atoms with Crippen molar-refractivity contribution in [3.63, 3.8) is 0 Å². The molecule has 29 heavy (non-hydrogen) atoms. The van der Waals surface area contributed by atoms with Crippen molar-refractivity contribution < 1.29 is 14.4 Å². The molecular formula is C21H21Cl2N3O3. The van der Waals surface area contributed by atoms with E-state index in [9.17, 15) is 14.4 Å². The summed E-state index contributed by atoms with van der Waals surface area (Å²) in [4.78, 5) is 38.5. The van der Waals surface area contributed by atoms with Crippen LogP contribution in [-0.4, -0.2) is 35.2 Å². The van der Waals surface area contributed by atoms with Crippen molar-refractivity contribution in [1.29, 1.82) is 0 Å². The highest BCUT2D eigenvalue weighted by molar-refractivity contribution is 6.36. The Hall–Kier alpha value is -2.57. The Balaban J connectivity index is 1.60. The van der Waals surface area contributed by atoms with E-state index >= 15 is 0 Å². The topological polar surface area (TPSA) is 78.5 Å². The maximum Gasteiger partial charge on any atom is 0.255 e. The largest absolute Gasteiger partial charge is 0.339 e. The molecule has 2 N–H and O–H groups in total. The standard InChI is InChI=1S/C21H21Cl2N3O3/c1-12(2)26-11-14(9-19(26)27)21(29)24-16-6-3-13(4-7-16)20(28)25-18-8-5-15(22)10-17(18)23/h3-8,10,12,14H,9,11H2,1-2H3,(H,24,29)(H,25,28). The van der Waals surface area contributed by atoms with Crippen LogP contribution in [0.5, 0.6) is 0 Å². The SMILES string of the molecule is CC(C)N1CC(C(=O)Nc2ccc(C(=O)Nc3ccc(Cl)cc3Cl)cc2)CC1=O. The highest BCUT2D eigenvalue weighted by atomic mass is 35.5. The first-order chi connectivity index (χ1) is 13.7. The molecule has 3 rings (SSSR count). The van der Waals surface area contributed by atoms with Gasteiger partial charge in [0.15, 0.2) is 0 Å². The van der Waals surface area contributed by atoms with Gasteiger partial charge in [0.25, 0.3) is 5.91 Å². The van der Waals surface area contributed by atoms with Crippen molar-refractivity contribution >= 4 is 52.3 Å². The predicted molar refractivity (Wildman–Crippen MR) is 114 cm³/mol. The molecule has 2 aromatic carbocycles. The van der Waals surface area contributed by atoms with Gasteiger partial charge in [-0.3, -0.25) is 14.4 Å². The van der Waals surface area contributed by atoms with E-state index in [0.29, 0.717) is 33.5 Å². The highest BCUT2D eigenvalue weighted by Crippen LogP contribution is 2.26. The van der Waals surface area contributed by atoms with E-state index < -0.39 is 0 Å². The Labute approximate surface area is 179 Å². The number of anilines is 2. The van der Waals surface area contributed by atoms with Crippen LogP contribution in [0.15, 0.2) is 42.5 Å². The van der Waals surface area contributed by atoms with Crippen molar-refractivity contribution in [1.82, 2.24) is 4.90 Å². The first kappa shape index (κ1) is 21.1. The summed E-state index contributed by atoms with van der Waals surface area (Å²) in [5.41, 5.74) is 1.43. The molecule has 1 saturated heterocycles. The zero-order chi connectivity index (χ0) is 21.1. The number of nitrogens with zero attached hydrogens (tertiary/aromatic N) is 1. The Bertz CT molecular complexity index is 945. The molecule has 8 heteroatoms. The average molecular weight is 434 g/mol. The van der Waals surface area contributed by atoms with Crippen LogP contribution in [-0.2, 0) is 9.59 Å². The first-order valence-electron chi connectivity index (χ1n) is 9.21. The predicted octanol–water partition coefficient (Wildman–Crippen LogP) is 4.44. The Kier molecular flexibility index (Phi) is 6.45. The maximum absolute atomic E-state index is 12.5. The lowest BCUT2D eigenvalue weighted by Gasteiger charge is -2.20. The van der Waals surface area contributed by atoms with Crippen molar-refractivity contribution in [2.75, 3.05) is 17.2 Å². The van der Waals surface area contributed by atoms with Crippen LogP contribution in [0.2, 0.25) is 10.0 Å². The summed E-state index contributed by atoms with van der Waals surface area (Å²) in [5.74, 6) is -0.916. The minimum absolute atomic E-state index is 0.00645. The van der Waals surface area contributed by atoms with Gasteiger partial charge < -0.3 is 15.5 Å². The number of likely N-dealkylation sites (tertiary alicyclic amines) is 1. The third-order valence-electron chi connectivity index (χ3n) is 4.75. The van der Waals surface area contributed by atoms with E-state index in [0.717, 1.165) is 0 Å². The molecule has 1 heterocycles. The quantitative estimate of drug-likeness (QED) is 0.731. The smallest absolute Gasteiger partial charge is 0.255 e. The van der Waals surface area contributed by atoms with Gasteiger partial charge in [0.1, 0.15) is 0 Å². The number of halogens is 2. The molecule has 2 aromatic rings. The number of carbonyl (C=O) groups is 3. The minimum Gasteiger partial charge on any atom is -0.339 e. The van der Waals surface area contributed by atoms with Crippen molar-refractivity contribution in [2.45, 2.75) is 26.3 Å². The van der Waals surface area contributed by atoms with Gasteiger partial charge in [-0.15, -0.1) is 0 Å². The monoisotopic (exact) mass is 433 g/mol. The second kappa shape index (κ2) is 8.84. The van der Waals surface area contributed by atoms with Gasteiger partial charge in [-0.25, -0.2) is 0 Å². The third-order valence-corrected chi connectivity index (χ3v) is 5.29. The Morgan fingerprint density at radius 2 is 1.76 bits per heavy atom. The number of amides is 3. The Morgan fingerprint density at radius 3 is 2.34 bits per heavy atom. The van der Waals surface area contributed by atoms with Gasteiger partial charge in [0.2, 0.25) is 11.8 Å². The third kappa shape index (κ3) is 5.08. The van der Waals surface area contributed by atoms with Crippen molar-refractivity contribution in [3.8, 4) is 0 Å². The molecular weight excluding hydrogens is 413 g/mol. The number of benzene rings is 2. The summed E-state index contributed by atoms with van der Waals surface area (Å²) < 4.78 is 0. The second-order valence-corrected chi connectivity index (χ2v) is 8.03. The molecule has 6 nitrogen and oxygen atoms in total. The lowest BCUT2D eigenvalue weighted by molar-refractivity contribution is -0.129. The zero-order valence-corrected chi connectivity index (χ0v) is 17.6. The fourth-order valence-corrected chi connectivity index (χ4v) is 3.60. The Morgan fingerprint density at radius 1 is 1.07 bits per heavy atom. The molecule has 1 fully saturated rings. The molecule has 1 aliphatic rings.